The van der Waals surface area contributed by atoms with E-state index in [0.717, 1.165) is 18.2 Å². The molecule has 0 bridgehead atoms. The number of hydrogen-bond acceptors (Lipinski definition) is 4. The molecule has 0 unspecified atom stereocenters. The summed E-state index contributed by atoms with van der Waals surface area (Å²) in [5, 5.41) is 0. The lowest BCUT2D eigenvalue weighted by Crippen LogP contribution is -2.43. The number of nitrogens with zero attached hydrogens (tertiary/aromatic N) is 1. The molecule has 170 valence electrons. The Morgan fingerprint density at radius 2 is 1.65 bits per heavy atom. The number of carbonyl (C=O) groups excluding carboxylic acids is 1. The fraction of sp³-hybridized carbons (Fsp3) is 0.409. The van der Waals surface area contributed by atoms with Crippen molar-refractivity contribution in [3.8, 4) is 5.75 Å². The monoisotopic (exact) mass is 457 g/mol. The van der Waals surface area contributed by atoms with E-state index >= 15 is 0 Å². The summed E-state index contributed by atoms with van der Waals surface area (Å²) in [6, 6.07) is 9.39. The van der Waals surface area contributed by atoms with Gasteiger partial charge in [-0.15, -0.1) is 0 Å². The molecule has 0 aliphatic heterocycles. The van der Waals surface area contributed by atoms with E-state index in [2.05, 4.69) is 0 Å². The first-order chi connectivity index (χ1) is 14.1. The third-order valence-electron chi connectivity index (χ3n) is 4.43. The molecule has 2 aromatic carbocycles. The third kappa shape index (κ3) is 6.46. The molecule has 0 heterocycles. The summed E-state index contributed by atoms with van der Waals surface area (Å²) in [6.45, 7) is 9.42. The minimum absolute atomic E-state index is 0.0539. The first kappa shape index (κ1) is 24.7. The molecular formula is C22H26F3NO4S. The molecule has 31 heavy (non-hydrogen) atoms. The van der Waals surface area contributed by atoms with Crippen molar-refractivity contribution < 1.29 is 30.6 Å². The van der Waals surface area contributed by atoms with Gasteiger partial charge in [0.2, 0.25) is 5.91 Å². The van der Waals surface area contributed by atoms with Gasteiger partial charge in [0.25, 0.3) is 0 Å². The Labute approximate surface area is 181 Å². The van der Waals surface area contributed by atoms with Gasteiger partial charge in [-0.3, -0.25) is 4.79 Å². The molecule has 0 fully saturated rings. The van der Waals surface area contributed by atoms with E-state index < -0.39 is 32.2 Å². The summed E-state index contributed by atoms with van der Waals surface area (Å²) in [7, 11) is -4.48. The van der Waals surface area contributed by atoms with E-state index in [1.807, 2.05) is 34.6 Å². The van der Waals surface area contributed by atoms with Gasteiger partial charge in [-0.25, -0.2) is 0 Å². The quantitative estimate of drug-likeness (QED) is 0.556. The van der Waals surface area contributed by atoms with Gasteiger partial charge < -0.3 is 9.08 Å². The molecular weight excluding hydrogens is 431 g/mol. The highest BCUT2D eigenvalue weighted by Gasteiger charge is 2.32. The molecule has 0 aliphatic rings. The zero-order chi connectivity index (χ0) is 23.6. The second-order valence-corrected chi connectivity index (χ2v) is 10.0. The molecule has 0 aliphatic carbocycles. The highest BCUT2D eigenvalue weighted by Crippen LogP contribution is 2.31. The van der Waals surface area contributed by atoms with Crippen LogP contribution in [0.25, 0.3) is 0 Å². The lowest BCUT2D eigenvalue weighted by molar-refractivity contribution is -0.142. The van der Waals surface area contributed by atoms with Crippen molar-refractivity contribution in [3.63, 3.8) is 0 Å². The predicted molar refractivity (Wildman–Crippen MR) is 111 cm³/mol. The number of rotatable bonds is 6. The molecule has 0 atom stereocenters. The molecule has 5 nitrogen and oxygen atoms in total. The molecule has 1 amide bonds. The summed E-state index contributed by atoms with van der Waals surface area (Å²) >= 11 is 0. The Hall–Kier alpha value is -2.55. The number of hydrogen-bond donors (Lipinski definition) is 0. The molecule has 0 saturated carbocycles. The molecule has 0 N–H and O–H groups in total. The van der Waals surface area contributed by atoms with Crippen LogP contribution in [0, 0.1) is 5.41 Å². The van der Waals surface area contributed by atoms with Crippen molar-refractivity contribution in [2.24, 2.45) is 5.41 Å². The number of alkyl halides is 3. The summed E-state index contributed by atoms with van der Waals surface area (Å²) in [4.78, 5) is 13.8. The Kier molecular flexibility index (Phi) is 7.10. The first-order valence-electron chi connectivity index (χ1n) is 9.63. The molecule has 2 aromatic rings. The molecule has 0 aromatic heterocycles. The Morgan fingerprint density at radius 3 is 2.19 bits per heavy atom. The SMILES string of the molecule is CC(C)N(Cc1cccc(OS(=O)(=O)c2cccc(C(F)(F)F)c2)c1)C(=O)C(C)(C)C. The van der Waals surface area contributed by atoms with Gasteiger partial charge in [-0.1, -0.05) is 39.0 Å². The van der Waals surface area contributed by atoms with Crippen LogP contribution in [-0.2, 0) is 27.6 Å². The number of benzene rings is 2. The lowest BCUT2D eigenvalue weighted by atomic mass is 9.93. The standard InChI is InChI=1S/C22H26F3NO4S/c1-15(2)26(20(27)21(3,4)5)14-16-8-6-10-18(12-16)30-31(28,29)19-11-7-9-17(13-19)22(23,24)25/h6-13,15H,14H2,1-5H3. The number of carbonyl (C=O) groups is 1. The van der Waals surface area contributed by atoms with Crippen LogP contribution in [-0.4, -0.2) is 25.3 Å². The fourth-order valence-electron chi connectivity index (χ4n) is 2.81. The normalized spacial score (nSPS) is 12.7. The number of halogens is 3. The Morgan fingerprint density at radius 1 is 1.03 bits per heavy atom. The minimum atomic E-state index is -4.68. The van der Waals surface area contributed by atoms with E-state index in [1.54, 1.807) is 17.0 Å². The second-order valence-electron chi connectivity index (χ2n) is 8.49. The van der Waals surface area contributed by atoms with Gasteiger partial charge in [0.15, 0.2) is 0 Å². The molecule has 0 spiro atoms. The van der Waals surface area contributed by atoms with Crippen LogP contribution in [0.5, 0.6) is 5.75 Å². The maximum Gasteiger partial charge on any atom is 0.416 e. The van der Waals surface area contributed by atoms with Crippen molar-refractivity contribution in [3.05, 3.63) is 59.7 Å². The van der Waals surface area contributed by atoms with Crippen LogP contribution in [0.2, 0.25) is 0 Å². The van der Waals surface area contributed by atoms with Crippen LogP contribution in [0.3, 0.4) is 0 Å². The smallest absolute Gasteiger partial charge is 0.379 e. The Balaban J connectivity index is 2.28. The zero-order valence-electron chi connectivity index (χ0n) is 18.0. The maximum atomic E-state index is 12.9. The zero-order valence-corrected chi connectivity index (χ0v) is 18.8. The summed E-state index contributed by atoms with van der Waals surface area (Å²) in [5.74, 6) is -0.118. The third-order valence-corrected chi connectivity index (χ3v) is 5.68. The van der Waals surface area contributed by atoms with Gasteiger partial charge in [-0.2, -0.15) is 21.6 Å². The van der Waals surface area contributed by atoms with Crippen molar-refractivity contribution in [1.82, 2.24) is 4.90 Å². The van der Waals surface area contributed by atoms with Gasteiger partial charge in [0, 0.05) is 18.0 Å². The average molecular weight is 458 g/mol. The van der Waals surface area contributed by atoms with Crippen molar-refractivity contribution in [1.29, 1.82) is 0 Å². The lowest BCUT2D eigenvalue weighted by Gasteiger charge is -2.33. The van der Waals surface area contributed by atoms with Crippen LogP contribution < -0.4 is 4.18 Å². The predicted octanol–water partition coefficient (Wildman–Crippen LogP) is 5.26. The topological polar surface area (TPSA) is 63.7 Å². The highest BCUT2D eigenvalue weighted by atomic mass is 32.2. The van der Waals surface area contributed by atoms with Crippen LogP contribution >= 0.6 is 0 Å². The van der Waals surface area contributed by atoms with Gasteiger partial charge >= 0.3 is 16.3 Å². The maximum absolute atomic E-state index is 12.9. The van der Waals surface area contributed by atoms with E-state index in [0.29, 0.717) is 11.6 Å². The van der Waals surface area contributed by atoms with E-state index in [9.17, 15) is 26.4 Å². The van der Waals surface area contributed by atoms with Crippen LogP contribution in [0.4, 0.5) is 13.2 Å². The van der Waals surface area contributed by atoms with Gasteiger partial charge in [-0.05, 0) is 49.7 Å². The van der Waals surface area contributed by atoms with Gasteiger partial charge in [0.05, 0.1) is 5.56 Å². The first-order valence-corrected chi connectivity index (χ1v) is 11.0. The van der Waals surface area contributed by atoms with Crippen LogP contribution in [0.1, 0.15) is 45.7 Å². The average Bonchev–Trinajstić information content (AvgIpc) is 2.64. The molecule has 2 rings (SSSR count). The number of amides is 1. The minimum Gasteiger partial charge on any atom is -0.379 e. The summed E-state index contributed by atoms with van der Waals surface area (Å²) in [6.07, 6.45) is -4.68. The van der Waals surface area contributed by atoms with E-state index in [4.69, 9.17) is 4.18 Å². The fourth-order valence-corrected chi connectivity index (χ4v) is 3.78. The van der Waals surface area contributed by atoms with Crippen molar-refractivity contribution >= 4 is 16.0 Å². The highest BCUT2D eigenvalue weighted by molar-refractivity contribution is 7.87. The second kappa shape index (κ2) is 8.90. The van der Waals surface area contributed by atoms with E-state index in [1.165, 1.54) is 12.1 Å². The molecule has 0 radical (unpaired) electrons. The van der Waals surface area contributed by atoms with Crippen molar-refractivity contribution in [2.45, 2.75) is 58.3 Å². The summed E-state index contributed by atoms with van der Waals surface area (Å²) in [5.41, 5.74) is -1.05. The molecule has 9 heteroatoms. The summed E-state index contributed by atoms with van der Waals surface area (Å²) < 4.78 is 68.8. The van der Waals surface area contributed by atoms with Crippen LogP contribution in [0.15, 0.2) is 53.4 Å². The largest absolute Gasteiger partial charge is 0.416 e. The van der Waals surface area contributed by atoms with E-state index in [-0.39, 0.29) is 24.2 Å². The molecule has 0 saturated heterocycles. The Bertz CT molecular complexity index is 1040. The van der Waals surface area contributed by atoms with Crippen molar-refractivity contribution in [2.75, 3.05) is 0 Å². The van der Waals surface area contributed by atoms with Gasteiger partial charge in [0.1, 0.15) is 10.6 Å².